The molecule has 4 N–H and O–H groups in total. The number of nitrogens with one attached hydrogen (secondary N) is 1. The molecule has 2 aromatic rings. The minimum Gasteiger partial charge on any atom is -0.478 e. The number of carbonyl (C=O) groups is 1. The Morgan fingerprint density at radius 3 is 2.57 bits per heavy atom. The lowest BCUT2D eigenvalue weighted by Gasteiger charge is -2.21. The smallest absolute Gasteiger partial charge is 0.337 e. The Morgan fingerprint density at radius 2 is 2.00 bits per heavy atom. The summed E-state index contributed by atoms with van der Waals surface area (Å²) in [5, 5.41) is 12.8. The van der Waals surface area contributed by atoms with Gasteiger partial charge >= 0.3 is 5.97 Å². The molecule has 0 radical (unpaired) electrons. The van der Waals surface area contributed by atoms with Gasteiger partial charge in [-0.05, 0) is 24.1 Å². The van der Waals surface area contributed by atoms with Crippen molar-refractivity contribution in [3.8, 4) is 0 Å². The Balaban J connectivity index is 2.40. The molecule has 2 aromatic carbocycles. The van der Waals surface area contributed by atoms with E-state index in [0.29, 0.717) is 16.4 Å². The van der Waals surface area contributed by atoms with Crippen LogP contribution in [0.5, 0.6) is 0 Å². The number of aromatic carboxylic acids is 1. The Morgan fingerprint density at radius 1 is 1.33 bits per heavy atom. The quantitative estimate of drug-likeness (QED) is 0.724. The lowest BCUT2D eigenvalue weighted by Crippen LogP contribution is -2.13. The van der Waals surface area contributed by atoms with E-state index in [-0.39, 0.29) is 11.6 Å². The maximum absolute atomic E-state index is 11.4. The van der Waals surface area contributed by atoms with Crippen LogP contribution in [0.15, 0.2) is 42.5 Å². The zero-order chi connectivity index (χ0) is 15.4. The Bertz CT molecular complexity index is 644. The van der Waals surface area contributed by atoms with Crippen LogP contribution in [0.4, 0.5) is 11.4 Å². The van der Waals surface area contributed by atoms with Crippen LogP contribution in [0, 0.1) is 0 Å². The summed E-state index contributed by atoms with van der Waals surface area (Å²) in [4.78, 5) is 11.4. The number of halogens is 1. The maximum Gasteiger partial charge on any atom is 0.337 e. The molecule has 110 valence electrons. The highest BCUT2D eigenvalue weighted by Crippen LogP contribution is 2.33. The van der Waals surface area contributed by atoms with Gasteiger partial charge in [-0.3, -0.25) is 0 Å². The van der Waals surface area contributed by atoms with E-state index in [1.54, 1.807) is 6.07 Å². The summed E-state index contributed by atoms with van der Waals surface area (Å²) >= 11 is 6.16. The van der Waals surface area contributed by atoms with Gasteiger partial charge in [-0.1, -0.05) is 48.9 Å². The first-order valence-electron chi connectivity index (χ1n) is 6.66. The molecule has 1 atom stereocenters. The minimum atomic E-state index is -1.06. The second kappa shape index (κ2) is 6.50. The van der Waals surface area contributed by atoms with E-state index >= 15 is 0 Å². The molecule has 5 heteroatoms. The predicted molar refractivity (Wildman–Crippen MR) is 85.9 cm³/mol. The van der Waals surface area contributed by atoms with E-state index in [4.69, 9.17) is 17.3 Å². The van der Waals surface area contributed by atoms with Gasteiger partial charge in [0.15, 0.2) is 0 Å². The fraction of sp³-hybridized carbons (Fsp3) is 0.188. The molecule has 0 heterocycles. The van der Waals surface area contributed by atoms with Gasteiger partial charge in [-0.2, -0.15) is 0 Å². The standard InChI is InChI=1S/C16H17ClN2O2/c1-2-14(10-6-4-3-5-7-10)19-15-12(16(20)21)8-11(18)9-13(15)17/h3-9,14,19H,2,18H2,1H3,(H,20,21). The van der Waals surface area contributed by atoms with Crippen molar-refractivity contribution in [2.75, 3.05) is 11.1 Å². The molecule has 1 unspecified atom stereocenters. The highest BCUT2D eigenvalue weighted by Gasteiger charge is 2.18. The summed E-state index contributed by atoms with van der Waals surface area (Å²) in [7, 11) is 0. The summed E-state index contributed by atoms with van der Waals surface area (Å²) in [5.74, 6) is -1.06. The van der Waals surface area contributed by atoms with Crippen molar-refractivity contribution in [2.45, 2.75) is 19.4 Å². The number of carboxylic acid groups (broad SMARTS) is 1. The molecule has 0 spiro atoms. The van der Waals surface area contributed by atoms with Crippen molar-refractivity contribution >= 4 is 28.9 Å². The molecule has 0 bridgehead atoms. The molecule has 0 saturated heterocycles. The number of rotatable bonds is 5. The van der Waals surface area contributed by atoms with Gasteiger partial charge in [0.05, 0.1) is 22.3 Å². The zero-order valence-corrected chi connectivity index (χ0v) is 12.4. The Labute approximate surface area is 128 Å². The normalized spacial score (nSPS) is 11.9. The Kier molecular flexibility index (Phi) is 4.70. The van der Waals surface area contributed by atoms with Crippen molar-refractivity contribution in [2.24, 2.45) is 0 Å². The van der Waals surface area contributed by atoms with E-state index < -0.39 is 5.97 Å². The molecule has 0 aliphatic carbocycles. The van der Waals surface area contributed by atoms with Crippen molar-refractivity contribution in [3.05, 3.63) is 58.6 Å². The lowest BCUT2D eigenvalue weighted by atomic mass is 10.0. The molecule has 0 aromatic heterocycles. The summed E-state index contributed by atoms with van der Waals surface area (Å²) in [6.45, 7) is 2.02. The van der Waals surface area contributed by atoms with E-state index in [1.807, 2.05) is 37.3 Å². The predicted octanol–water partition coefficient (Wildman–Crippen LogP) is 4.18. The van der Waals surface area contributed by atoms with Gasteiger partial charge in [0, 0.05) is 5.69 Å². The zero-order valence-electron chi connectivity index (χ0n) is 11.6. The van der Waals surface area contributed by atoms with E-state index in [2.05, 4.69) is 5.32 Å². The van der Waals surface area contributed by atoms with Crippen molar-refractivity contribution < 1.29 is 9.90 Å². The third-order valence-electron chi connectivity index (χ3n) is 3.27. The van der Waals surface area contributed by atoms with Gasteiger partial charge in [-0.15, -0.1) is 0 Å². The SMILES string of the molecule is CCC(Nc1c(Cl)cc(N)cc1C(=O)O)c1ccccc1. The maximum atomic E-state index is 11.4. The summed E-state index contributed by atoms with van der Waals surface area (Å²) in [6, 6.07) is 12.8. The van der Waals surface area contributed by atoms with Gasteiger partial charge in [-0.25, -0.2) is 4.79 Å². The second-order valence-corrected chi connectivity index (χ2v) is 5.15. The topological polar surface area (TPSA) is 75.3 Å². The van der Waals surface area contributed by atoms with Crippen LogP contribution in [0.1, 0.15) is 35.3 Å². The monoisotopic (exact) mass is 304 g/mol. The van der Waals surface area contributed by atoms with E-state index in [1.165, 1.54) is 6.07 Å². The number of nitrogens with two attached hydrogens (primary N) is 1. The van der Waals surface area contributed by atoms with Crippen LogP contribution in [-0.4, -0.2) is 11.1 Å². The first kappa shape index (κ1) is 15.2. The molecule has 0 aliphatic rings. The third-order valence-corrected chi connectivity index (χ3v) is 3.57. The summed E-state index contributed by atoms with van der Waals surface area (Å²) < 4.78 is 0. The van der Waals surface area contributed by atoms with Crippen LogP contribution in [-0.2, 0) is 0 Å². The minimum absolute atomic E-state index is 0.0228. The Hall–Kier alpha value is -2.20. The van der Waals surface area contributed by atoms with Gasteiger partial charge < -0.3 is 16.2 Å². The van der Waals surface area contributed by atoms with Crippen LogP contribution < -0.4 is 11.1 Å². The highest BCUT2D eigenvalue weighted by molar-refractivity contribution is 6.34. The fourth-order valence-corrected chi connectivity index (χ4v) is 2.51. The summed E-state index contributed by atoms with van der Waals surface area (Å²) in [6.07, 6.45) is 0.795. The molecule has 2 rings (SSSR count). The highest BCUT2D eigenvalue weighted by atomic mass is 35.5. The first-order chi connectivity index (χ1) is 10.0. The molecule has 21 heavy (non-hydrogen) atoms. The third kappa shape index (κ3) is 3.47. The largest absolute Gasteiger partial charge is 0.478 e. The second-order valence-electron chi connectivity index (χ2n) is 4.75. The molecule has 0 amide bonds. The number of hydrogen-bond acceptors (Lipinski definition) is 3. The molecule has 0 fully saturated rings. The van der Waals surface area contributed by atoms with Crippen LogP contribution >= 0.6 is 11.6 Å². The molecule has 0 aliphatic heterocycles. The molecular weight excluding hydrogens is 288 g/mol. The van der Waals surface area contributed by atoms with Gasteiger partial charge in [0.2, 0.25) is 0 Å². The molecular formula is C16H17ClN2O2. The number of carboxylic acids is 1. The van der Waals surface area contributed by atoms with E-state index in [0.717, 1.165) is 12.0 Å². The number of anilines is 2. The first-order valence-corrected chi connectivity index (χ1v) is 7.04. The number of benzene rings is 2. The summed E-state index contributed by atoms with van der Waals surface area (Å²) in [5.41, 5.74) is 7.54. The van der Waals surface area contributed by atoms with Crippen molar-refractivity contribution in [1.29, 1.82) is 0 Å². The molecule has 0 saturated carbocycles. The number of nitrogen functional groups attached to an aromatic ring is 1. The van der Waals surface area contributed by atoms with Crippen molar-refractivity contribution in [3.63, 3.8) is 0 Å². The number of hydrogen-bond donors (Lipinski definition) is 3. The average Bonchev–Trinajstić information content (AvgIpc) is 2.46. The molecule has 4 nitrogen and oxygen atoms in total. The fourth-order valence-electron chi connectivity index (χ4n) is 2.22. The van der Waals surface area contributed by atoms with Crippen molar-refractivity contribution in [1.82, 2.24) is 0 Å². The van der Waals surface area contributed by atoms with Gasteiger partial charge in [0.1, 0.15) is 0 Å². The lowest BCUT2D eigenvalue weighted by molar-refractivity contribution is 0.0698. The van der Waals surface area contributed by atoms with Gasteiger partial charge in [0.25, 0.3) is 0 Å². The van der Waals surface area contributed by atoms with Crippen LogP contribution in [0.25, 0.3) is 0 Å². The van der Waals surface area contributed by atoms with Crippen LogP contribution in [0.3, 0.4) is 0 Å². The van der Waals surface area contributed by atoms with E-state index in [9.17, 15) is 9.90 Å². The average molecular weight is 305 g/mol. The van der Waals surface area contributed by atoms with Crippen LogP contribution in [0.2, 0.25) is 5.02 Å².